The van der Waals surface area contributed by atoms with Crippen molar-refractivity contribution in [1.82, 2.24) is 9.80 Å². The van der Waals surface area contributed by atoms with Gasteiger partial charge in [0, 0.05) is 31.4 Å². The molecule has 2 saturated heterocycles. The van der Waals surface area contributed by atoms with Crippen molar-refractivity contribution in [3.63, 3.8) is 0 Å². The number of hydrogen-bond acceptors (Lipinski definition) is 4. The Labute approximate surface area is 150 Å². The fourth-order valence-corrected chi connectivity index (χ4v) is 4.49. The number of amides is 2. The van der Waals surface area contributed by atoms with Gasteiger partial charge in [0.25, 0.3) is 11.8 Å². The summed E-state index contributed by atoms with van der Waals surface area (Å²) < 4.78 is 6.09. The second kappa shape index (κ2) is 6.28. The lowest BCUT2D eigenvalue weighted by molar-refractivity contribution is -0.159. The van der Waals surface area contributed by atoms with E-state index in [0.717, 1.165) is 5.56 Å². The van der Waals surface area contributed by atoms with E-state index in [9.17, 15) is 9.59 Å². The van der Waals surface area contributed by atoms with Gasteiger partial charge >= 0.3 is 0 Å². The van der Waals surface area contributed by atoms with Crippen LogP contribution in [0.3, 0.4) is 0 Å². The van der Waals surface area contributed by atoms with Gasteiger partial charge in [-0.25, -0.2) is 0 Å². The van der Waals surface area contributed by atoms with Crippen LogP contribution in [0.5, 0.6) is 0 Å². The van der Waals surface area contributed by atoms with Crippen molar-refractivity contribution in [3.05, 3.63) is 58.3 Å². The fourth-order valence-electron chi connectivity index (χ4n) is 3.86. The third-order valence-corrected chi connectivity index (χ3v) is 5.82. The molecule has 3 heterocycles. The van der Waals surface area contributed by atoms with E-state index in [4.69, 9.17) is 4.74 Å². The molecule has 0 N–H and O–H groups in total. The monoisotopic (exact) mass is 356 g/mol. The molecule has 25 heavy (non-hydrogen) atoms. The van der Waals surface area contributed by atoms with Crippen molar-refractivity contribution in [2.24, 2.45) is 0 Å². The molecule has 2 atom stereocenters. The van der Waals surface area contributed by atoms with Gasteiger partial charge in [0.2, 0.25) is 0 Å². The first-order valence-corrected chi connectivity index (χ1v) is 9.32. The average molecular weight is 356 g/mol. The Morgan fingerprint density at radius 1 is 1.28 bits per heavy atom. The lowest BCUT2D eigenvalue weighted by atomic mass is 9.83. The zero-order chi connectivity index (χ0) is 17.4. The number of benzene rings is 1. The van der Waals surface area contributed by atoms with Gasteiger partial charge in [-0.3, -0.25) is 9.59 Å². The Morgan fingerprint density at radius 3 is 2.80 bits per heavy atom. The molecule has 6 heteroatoms. The number of thiophene rings is 1. The number of morpholine rings is 1. The highest BCUT2D eigenvalue weighted by Crippen LogP contribution is 2.41. The molecule has 4 rings (SSSR count). The molecule has 0 saturated carbocycles. The highest BCUT2D eigenvalue weighted by atomic mass is 32.1. The zero-order valence-electron chi connectivity index (χ0n) is 14.1. The Kier molecular flexibility index (Phi) is 4.09. The quantitative estimate of drug-likeness (QED) is 0.829. The lowest BCUT2D eigenvalue weighted by Gasteiger charge is -2.42. The summed E-state index contributed by atoms with van der Waals surface area (Å²) in [5.41, 5.74) is 0.766. The topological polar surface area (TPSA) is 49.9 Å². The van der Waals surface area contributed by atoms with Crippen LogP contribution in [-0.4, -0.2) is 60.5 Å². The first-order chi connectivity index (χ1) is 12.1. The van der Waals surface area contributed by atoms with Crippen LogP contribution in [0.4, 0.5) is 0 Å². The maximum absolute atomic E-state index is 13.0. The van der Waals surface area contributed by atoms with Crippen LogP contribution in [0, 0.1) is 0 Å². The first kappa shape index (κ1) is 16.3. The minimum Gasteiger partial charge on any atom is -0.361 e. The number of carbonyl (C=O) groups excluding carboxylic acids is 2. The van der Waals surface area contributed by atoms with Crippen molar-refractivity contribution in [3.8, 4) is 0 Å². The van der Waals surface area contributed by atoms with Crippen LogP contribution in [0.2, 0.25) is 0 Å². The van der Waals surface area contributed by atoms with Crippen LogP contribution >= 0.6 is 11.3 Å². The molecular formula is C19H20N2O3S. The Hall–Kier alpha value is -2.18. The SMILES string of the molecule is CN1CC(c2ccccc2)C2(CN(C(=O)c3ccsc3)CCO2)C1=O. The van der Waals surface area contributed by atoms with Gasteiger partial charge in [0.1, 0.15) is 0 Å². The summed E-state index contributed by atoms with van der Waals surface area (Å²) in [6, 6.07) is 11.8. The van der Waals surface area contributed by atoms with Crippen LogP contribution in [-0.2, 0) is 9.53 Å². The minimum atomic E-state index is -0.986. The van der Waals surface area contributed by atoms with E-state index < -0.39 is 5.60 Å². The number of ether oxygens (including phenoxy) is 1. The zero-order valence-corrected chi connectivity index (χ0v) is 14.9. The molecule has 1 aromatic heterocycles. The molecule has 0 aliphatic carbocycles. The molecule has 2 aliphatic heterocycles. The second-order valence-electron chi connectivity index (χ2n) is 6.63. The van der Waals surface area contributed by atoms with Gasteiger partial charge in [-0.2, -0.15) is 11.3 Å². The summed E-state index contributed by atoms with van der Waals surface area (Å²) in [7, 11) is 1.80. The van der Waals surface area contributed by atoms with Crippen LogP contribution in [0.25, 0.3) is 0 Å². The predicted octanol–water partition coefficient (Wildman–Crippen LogP) is 2.22. The normalized spacial score (nSPS) is 26.4. The average Bonchev–Trinajstić information content (AvgIpc) is 3.26. The summed E-state index contributed by atoms with van der Waals surface area (Å²) in [4.78, 5) is 29.3. The summed E-state index contributed by atoms with van der Waals surface area (Å²) in [6.45, 7) is 1.78. The van der Waals surface area contributed by atoms with Crippen molar-refractivity contribution in [1.29, 1.82) is 0 Å². The van der Waals surface area contributed by atoms with E-state index >= 15 is 0 Å². The lowest BCUT2D eigenvalue weighted by Crippen LogP contribution is -2.59. The first-order valence-electron chi connectivity index (χ1n) is 8.38. The molecular weight excluding hydrogens is 336 g/mol. The second-order valence-corrected chi connectivity index (χ2v) is 7.41. The van der Waals surface area contributed by atoms with Crippen molar-refractivity contribution >= 4 is 23.2 Å². The smallest absolute Gasteiger partial charge is 0.257 e. The molecule has 2 aliphatic rings. The van der Waals surface area contributed by atoms with E-state index in [0.29, 0.717) is 31.8 Å². The molecule has 0 bridgehead atoms. The van der Waals surface area contributed by atoms with Gasteiger partial charge in [-0.15, -0.1) is 0 Å². The number of likely N-dealkylation sites (tertiary alicyclic amines) is 1. The predicted molar refractivity (Wildman–Crippen MR) is 95.7 cm³/mol. The third-order valence-electron chi connectivity index (χ3n) is 5.13. The Morgan fingerprint density at radius 2 is 2.08 bits per heavy atom. The molecule has 1 spiro atoms. The standard InChI is InChI=1S/C19H20N2O3S/c1-20-11-16(14-5-3-2-4-6-14)19(18(20)23)13-21(8-9-24-19)17(22)15-7-10-25-12-15/h2-7,10,12,16H,8-9,11,13H2,1H3. The van der Waals surface area contributed by atoms with E-state index in [2.05, 4.69) is 0 Å². The van der Waals surface area contributed by atoms with E-state index in [-0.39, 0.29) is 17.7 Å². The van der Waals surface area contributed by atoms with Crippen LogP contribution in [0.15, 0.2) is 47.2 Å². The summed E-state index contributed by atoms with van der Waals surface area (Å²) in [6.07, 6.45) is 0. The van der Waals surface area contributed by atoms with E-state index in [1.165, 1.54) is 11.3 Å². The maximum Gasteiger partial charge on any atom is 0.257 e. The molecule has 2 fully saturated rings. The van der Waals surface area contributed by atoms with Crippen molar-refractivity contribution in [2.75, 3.05) is 33.3 Å². The Bertz CT molecular complexity index is 777. The van der Waals surface area contributed by atoms with Gasteiger partial charge in [0.05, 0.1) is 18.7 Å². The van der Waals surface area contributed by atoms with Gasteiger partial charge in [-0.05, 0) is 17.0 Å². The molecule has 2 unspecified atom stereocenters. The van der Waals surface area contributed by atoms with Gasteiger partial charge in [-0.1, -0.05) is 30.3 Å². The fraction of sp³-hybridized carbons (Fsp3) is 0.368. The number of likely N-dealkylation sites (N-methyl/N-ethyl adjacent to an activating group) is 1. The van der Waals surface area contributed by atoms with Crippen LogP contribution < -0.4 is 0 Å². The number of rotatable bonds is 2. The highest BCUT2D eigenvalue weighted by molar-refractivity contribution is 7.08. The summed E-state index contributed by atoms with van der Waals surface area (Å²) in [5.74, 6) is -0.147. The number of nitrogens with zero attached hydrogens (tertiary/aromatic N) is 2. The molecule has 1 aromatic carbocycles. The van der Waals surface area contributed by atoms with Gasteiger partial charge in [0.15, 0.2) is 5.60 Å². The highest BCUT2D eigenvalue weighted by Gasteiger charge is 2.57. The molecule has 2 aromatic rings. The van der Waals surface area contributed by atoms with E-state index in [1.54, 1.807) is 16.8 Å². The molecule has 2 amide bonds. The van der Waals surface area contributed by atoms with Crippen molar-refractivity contribution in [2.45, 2.75) is 11.5 Å². The molecule has 130 valence electrons. The molecule has 0 radical (unpaired) electrons. The number of carbonyl (C=O) groups is 2. The minimum absolute atomic E-state index is 0.0295. The summed E-state index contributed by atoms with van der Waals surface area (Å²) >= 11 is 1.50. The summed E-state index contributed by atoms with van der Waals surface area (Å²) in [5, 5.41) is 3.74. The maximum atomic E-state index is 13.0. The van der Waals surface area contributed by atoms with E-state index in [1.807, 2.05) is 47.2 Å². The largest absolute Gasteiger partial charge is 0.361 e. The van der Waals surface area contributed by atoms with Crippen LogP contribution in [0.1, 0.15) is 21.8 Å². The van der Waals surface area contributed by atoms with Crippen molar-refractivity contribution < 1.29 is 14.3 Å². The molecule has 5 nitrogen and oxygen atoms in total. The third kappa shape index (κ3) is 2.65. The Balaban J connectivity index is 1.68. The number of hydrogen-bond donors (Lipinski definition) is 0. The van der Waals surface area contributed by atoms with Gasteiger partial charge < -0.3 is 14.5 Å².